The Kier molecular flexibility index (Phi) is 4.27. The zero-order chi connectivity index (χ0) is 15.4. The van der Waals surface area contributed by atoms with Crippen LogP contribution in [0, 0.1) is 15.9 Å². The average Bonchev–Trinajstić information content (AvgIpc) is 2.46. The van der Waals surface area contributed by atoms with E-state index in [2.05, 4.69) is 0 Å². The lowest BCUT2D eigenvalue weighted by Crippen LogP contribution is -2.07. The van der Waals surface area contributed by atoms with Gasteiger partial charge in [0.05, 0.1) is 17.6 Å². The summed E-state index contributed by atoms with van der Waals surface area (Å²) in [7, 11) is 1.27. The maximum atomic E-state index is 13.1. The molecule has 0 bridgehead atoms. The van der Waals surface area contributed by atoms with Crippen molar-refractivity contribution in [1.82, 2.24) is 0 Å². The molecule has 108 valence electrons. The fraction of sp³-hybridized carbons (Fsp3) is 0.133. The molecule has 0 saturated carbocycles. The Morgan fingerprint density at radius 2 is 2.00 bits per heavy atom. The number of hydrogen-bond acceptors (Lipinski definition) is 4. The fourth-order valence-electron chi connectivity index (χ4n) is 2.03. The molecule has 2 aromatic rings. The molecule has 6 heteroatoms. The Morgan fingerprint density at radius 1 is 1.29 bits per heavy atom. The molecular weight excluding hydrogens is 277 g/mol. The van der Waals surface area contributed by atoms with E-state index in [1.807, 2.05) is 0 Å². The van der Waals surface area contributed by atoms with E-state index in [1.54, 1.807) is 6.07 Å². The standard InChI is InChI=1S/C15H12FNO4/c1-21-15-12(6-3-7-13(15)17(19)20)14(18)9-10-4-2-5-11(16)8-10/h2-8H,9H2,1H3. The summed E-state index contributed by atoms with van der Waals surface area (Å²) in [6, 6.07) is 9.78. The number of carbonyl (C=O) groups excluding carboxylic acids is 1. The van der Waals surface area contributed by atoms with Crippen LogP contribution >= 0.6 is 0 Å². The SMILES string of the molecule is COc1c(C(=O)Cc2cccc(F)c2)cccc1[N+](=O)[O-]. The number of ketones is 1. The third-order valence-electron chi connectivity index (χ3n) is 2.95. The highest BCUT2D eigenvalue weighted by atomic mass is 19.1. The largest absolute Gasteiger partial charge is 0.490 e. The van der Waals surface area contributed by atoms with Crippen LogP contribution < -0.4 is 4.74 Å². The van der Waals surface area contributed by atoms with E-state index in [1.165, 1.54) is 43.5 Å². The van der Waals surface area contributed by atoms with Crippen LogP contribution in [0.5, 0.6) is 5.75 Å². The molecule has 0 saturated heterocycles. The van der Waals surface area contributed by atoms with Crippen LogP contribution in [0.3, 0.4) is 0 Å². The van der Waals surface area contributed by atoms with Crippen LogP contribution in [0.2, 0.25) is 0 Å². The van der Waals surface area contributed by atoms with Gasteiger partial charge < -0.3 is 4.74 Å². The second-order valence-corrected chi connectivity index (χ2v) is 4.34. The van der Waals surface area contributed by atoms with Crippen molar-refractivity contribution >= 4 is 11.5 Å². The van der Waals surface area contributed by atoms with Gasteiger partial charge in [-0.25, -0.2) is 4.39 Å². The number of nitrogens with zero attached hydrogens (tertiary/aromatic N) is 1. The highest BCUT2D eigenvalue weighted by Crippen LogP contribution is 2.31. The maximum Gasteiger partial charge on any atom is 0.311 e. The molecule has 0 fully saturated rings. The lowest BCUT2D eigenvalue weighted by molar-refractivity contribution is -0.385. The first-order chi connectivity index (χ1) is 10.0. The van der Waals surface area contributed by atoms with Crippen LogP contribution in [0.25, 0.3) is 0 Å². The predicted molar refractivity (Wildman–Crippen MR) is 74.1 cm³/mol. The molecule has 5 nitrogen and oxygen atoms in total. The summed E-state index contributed by atoms with van der Waals surface area (Å²) in [6.45, 7) is 0. The van der Waals surface area contributed by atoms with Gasteiger partial charge in [-0.05, 0) is 23.8 Å². The summed E-state index contributed by atoms with van der Waals surface area (Å²) in [5.41, 5.74) is 0.326. The number of rotatable bonds is 5. The Balaban J connectivity index is 2.35. The Morgan fingerprint density at radius 3 is 2.62 bits per heavy atom. The van der Waals surface area contributed by atoms with Crippen LogP contribution in [-0.2, 0) is 6.42 Å². The molecule has 0 N–H and O–H groups in total. The fourth-order valence-corrected chi connectivity index (χ4v) is 2.03. The second kappa shape index (κ2) is 6.13. The van der Waals surface area contributed by atoms with Crippen LogP contribution in [0.4, 0.5) is 10.1 Å². The molecule has 2 rings (SSSR count). The number of carbonyl (C=O) groups is 1. The normalized spacial score (nSPS) is 10.2. The molecule has 0 aliphatic heterocycles. The molecule has 0 aromatic heterocycles. The molecule has 0 unspecified atom stereocenters. The number of para-hydroxylation sites is 1. The van der Waals surface area contributed by atoms with Gasteiger partial charge in [0.15, 0.2) is 5.78 Å². The first kappa shape index (κ1) is 14.6. The van der Waals surface area contributed by atoms with Crippen molar-refractivity contribution in [3.05, 3.63) is 69.5 Å². The number of ether oxygens (including phenoxy) is 1. The number of hydrogen-bond donors (Lipinski definition) is 0. The van der Waals surface area contributed by atoms with Gasteiger partial charge >= 0.3 is 5.69 Å². The number of Topliss-reactive ketones (excluding diaryl/α,β-unsaturated/α-hetero) is 1. The van der Waals surface area contributed by atoms with Crippen molar-refractivity contribution < 1.29 is 18.8 Å². The lowest BCUT2D eigenvalue weighted by Gasteiger charge is -2.08. The Hall–Kier alpha value is -2.76. The summed E-state index contributed by atoms with van der Waals surface area (Å²) in [5, 5.41) is 10.9. The predicted octanol–water partition coefficient (Wildman–Crippen LogP) is 3.17. The van der Waals surface area contributed by atoms with Crippen molar-refractivity contribution in [1.29, 1.82) is 0 Å². The minimum Gasteiger partial charge on any atom is -0.490 e. The van der Waals surface area contributed by atoms with Gasteiger partial charge in [-0.15, -0.1) is 0 Å². The average molecular weight is 289 g/mol. The summed E-state index contributed by atoms with van der Waals surface area (Å²) >= 11 is 0. The third-order valence-corrected chi connectivity index (χ3v) is 2.95. The second-order valence-electron chi connectivity index (χ2n) is 4.34. The van der Waals surface area contributed by atoms with Gasteiger partial charge in [-0.2, -0.15) is 0 Å². The number of methoxy groups -OCH3 is 1. The van der Waals surface area contributed by atoms with Crippen LogP contribution in [-0.4, -0.2) is 17.8 Å². The molecule has 0 aliphatic rings. The summed E-state index contributed by atoms with van der Waals surface area (Å²) in [4.78, 5) is 22.6. The highest BCUT2D eigenvalue weighted by Gasteiger charge is 2.22. The smallest absolute Gasteiger partial charge is 0.311 e. The van der Waals surface area contributed by atoms with Crippen molar-refractivity contribution in [2.24, 2.45) is 0 Å². The minimum absolute atomic E-state index is 0.0602. The van der Waals surface area contributed by atoms with Gasteiger partial charge in [0, 0.05) is 12.5 Å². The topological polar surface area (TPSA) is 69.4 Å². The van der Waals surface area contributed by atoms with Gasteiger partial charge in [0.1, 0.15) is 5.82 Å². The highest BCUT2D eigenvalue weighted by molar-refractivity contribution is 6.01. The molecule has 0 aliphatic carbocycles. The van der Waals surface area contributed by atoms with E-state index in [9.17, 15) is 19.3 Å². The Labute approximate surface area is 120 Å². The molecule has 0 heterocycles. The molecular formula is C15H12FNO4. The summed E-state index contributed by atoms with van der Waals surface area (Å²) < 4.78 is 18.1. The third kappa shape index (κ3) is 3.22. The lowest BCUT2D eigenvalue weighted by atomic mass is 10.0. The summed E-state index contributed by atoms with van der Waals surface area (Å²) in [5.74, 6) is -0.892. The first-order valence-corrected chi connectivity index (χ1v) is 6.12. The number of nitro groups is 1. The summed E-state index contributed by atoms with van der Waals surface area (Å²) in [6.07, 6.45) is -0.0602. The van der Waals surface area contributed by atoms with Crippen molar-refractivity contribution in [3.63, 3.8) is 0 Å². The van der Waals surface area contributed by atoms with E-state index in [-0.39, 0.29) is 29.2 Å². The quantitative estimate of drug-likeness (QED) is 0.481. The van der Waals surface area contributed by atoms with E-state index in [4.69, 9.17) is 4.74 Å². The van der Waals surface area contributed by atoms with E-state index >= 15 is 0 Å². The Bertz CT molecular complexity index is 700. The van der Waals surface area contributed by atoms with E-state index < -0.39 is 10.7 Å². The molecule has 0 radical (unpaired) electrons. The monoisotopic (exact) mass is 289 g/mol. The zero-order valence-electron chi connectivity index (χ0n) is 11.2. The number of nitro benzene ring substituents is 1. The van der Waals surface area contributed by atoms with Crippen molar-refractivity contribution in [3.8, 4) is 5.75 Å². The maximum absolute atomic E-state index is 13.1. The molecule has 2 aromatic carbocycles. The van der Waals surface area contributed by atoms with Crippen molar-refractivity contribution in [2.45, 2.75) is 6.42 Å². The van der Waals surface area contributed by atoms with Gasteiger partial charge in [0.2, 0.25) is 5.75 Å². The van der Waals surface area contributed by atoms with Gasteiger partial charge in [-0.3, -0.25) is 14.9 Å². The van der Waals surface area contributed by atoms with Crippen LogP contribution in [0.1, 0.15) is 15.9 Å². The molecule has 0 spiro atoms. The van der Waals surface area contributed by atoms with E-state index in [0.717, 1.165) is 0 Å². The minimum atomic E-state index is -0.613. The zero-order valence-corrected chi connectivity index (χ0v) is 11.2. The molecule has 21 heavy (non-hydrogen) atoms. The molecule has 0 amide bonds. The number of halogens is 1. The first-order valence-electron chi connectivity index (χ1n) is 6.12. The van der Waals surface area contributed by atoms with Gasteiger partial charge in [0.25, 0.3) is 0 Å². The number of benzene rings is 2. The van der Waals surface area contributed by atoms with Crippen LogP contribution in [0.15, 0.2) is 42.5 Å². The molecule has 0 atom stereocenters. The van der Waals surface area contributed by atoms with Crippen molar-refractivity contribution in [2.75, 3.05) is 7.11 Å². The van der Waals surface area contributed by atoms with E-state index in [0.29, 0.717) is 5.56 Å². The van der Waals surface area contributed by atoms with Gasteiger partial charge in [-0.1, -0.05) is 18.2 Å².